The van der Waals surface area contributed by atoms with Crippen LogP contribution in [-0.4, -0.2) is 61.9 Å². The second-order valence-corrected chi connectivity index (χ2v) is 6.03. The Morgan fingerprint density at radius 1 is 1.38 bits per heavy atom. The molecule has 1 aliphatic rings. The molecule has 124 valence electrons. The largest absolute Gasteiger partial charge is 0.465 e. The highest BCUT2D eigenvalue weighted by Gasteiger charge is 2.36. The number of carbonyl (C=O) groups is 1. The van der Waals surface area contributed by atoms with Crippen LogP contribution in [0.15, 0.2) is 0 Å². The van der Waals surface area contributed by atoms with Crippen molar-refractivity contribution in [2.45, 2.75) is 58.5 Å². The fraction of sp³-hybridized carbons (Fsp3) is 0.938. The molecule has 0 spiro atoms. The standard InChI is InChI=1S/C16H32N2O3/c1-5-8-17-16(4,15(19)21-6-2)13-14(3)18-9-7-11-20-12-10-18/h14,17H,5-13H2,1-4H3. The monoisotopic (exact) mass is 300 g/mol. The first kappa shape index (κ1) is 18.4. The van der Waals surface area contributed by atoms with Gasteiger partial charge in [0.05, 0.1) is 13.2 Å². The van der Waals surface area contributed by atoms with Crippen LogP contribution in [0, 0.1) is 0 Å². The molecule has 1 rings (SSSR count). The molecule has 1 heterocycles. The zero-order chi connectivity index (χ0) is 15.7. The SMILES string of the molecule is CCCNC(C)(CC(C)N1CCCOCC1)C(=O)OCC. The molecule has 1 N–H and O–H groups in total. The normalized spacial score (nSPS) is 21.3. The Labute approximate surface area is 129 Å². The van der Waals surface area contributed by atoms with E-state index in [2.05, 4.69) is 24.1 Å². The molecule has 0 saturated carbocycles. The summed E-state index contributed by atoms with van der Waals surface area (Å²) in [4.78, 5) is 14.7. The lowest BCUT2D eigenvalue weighted by atomic mass is 9.92. The summed E-state index contributed by atoms with van der Waals surface area (Å²) in [7, 11) is 0. The van der Waals surface area contributed by atoms with Crippen molar-refractivity contribution in [3.8, 4) is 0 Å². The third kappa shape index (κ3) is 5.93. The first-order chi connectivity index (χ1) is 10.0. The van der Waals surface area contributed by atoms with Crippen LogP contribution < -0.4 is 5.32 Å². The van der Waals surface area contributed by atoms with Crippen molar-refractivity contribution in [1.82, 2.24) is 10.2 Å². The molecule has 1 aliphatic heterocycles. The Bertz CT molecular complexity index is 304. The Balaban J connectivity index is 2.66. The second-order valence-electron chi connectivity index (χ2n) is 6.03. The quantitative estimate of drug-likeness (QED) is 0.693. The van der Waals surface area contributed by atoms with E-state index >= 15 is 0 Å². The lowest BCUT2D eigenvalue weighted by Gasteiger charge is -2.35. The number of hydrogen-bond acceptors (Lipinski definition) is 5. The third-order valence-corrected chi connectivity index (χ3v) is 4.07. The molecule has 0 amide bonds. The minimum Gasteiger partial charge on any atom is -0.465 e. The lowest BCUT2D eigenvalue weighted by molar-refractivity contribution is -0.151. The fourth-order valence-corrected chi connectivity index (χ4v) is 2.85. The molecule has 0 bridgehead atoms. The molecule has 0 radical (unpaired) electrons. The van der Waals surface area contributed by atoms with Crippen LogP contribution in [-0.2, 0) is 14.3 Å². The first-order valence-corrected chi connectivity index (χ1v) is 8.27. The Morgan fingerprint density at radius 2 is 2.14 bits per heavy atom. The van der Waals surface area contributed by atoms with E-state index in [1.165, 1.54) is 0 Å². The van der Waals surface area contributed by atoms with E-state index in [0.717, 1.165) is 52.1 Å². The molecule has 2 atom stereocenters. The molecule has 1 saturated heterocycles. The molecule has 5 nitrogen and oxygen atoms in total. The van der Waals surface area contributed by atoms with E-state index in [-0.39, 0.29) is 5.97 Å². The van der Waals surface area contributed by atoms with Gasteiger partial charge < -0.3 is 14.8 Å². The summed E-state index contributed by atoms with van der Waals surface area (Å²) >= 11 is 0. The predicted molar refractivity (Wildman–Crippen MR) is 84.4 cm³/mol. The zero-order valence-electron chi connectivity index (χ0n) is 14.1. The molecule has 1 fully saturated rings. The number of carbonyl (C=O) groups excluding carboxylic acids is 1. The maximum absolute atomic E-state index is 12.3. The summed E-state index contributed by atoms with van der Waals surface area (Å²) in [6, 6.07) is 0.325. The summed E-state index contributed by atoms with van der Waals surface area (Å²) in [6.45, 7) is 13.0. The van der Waals surface area contributed by atoms with Gasteiger partial charge in [-0.3, -0.25) is 9.69 Å². The smallest absolute Gasteiger partial charge is 0.326 e. The van der Waals surface area contributed by atoms with Gasteiger partial charge in [0.2, 0.25) is 0 Å². The van der Waals surface area contributed by atoms with Crippen molar-refractivity contribution < 1.29 is 14.3 Å². The average molecular weight is 300 g/mol. The van der Waals surface area contributed by atoms with Gasteiger partial charge in [-0.25, -0.2) is 0 Å². The van der Waals surface area contributed by atoms with E-state index in [4.69, 9.17) is 9.47 Å². The predicted octanol–water partition coefficient (Wildman–Crippen LogP) is 1.81. The summed E-state index contributed by atoms with van der Waals surface area (Å²) in [5.74, 6) is -0.142. The Morgan fingerprint density at radius 3 is 2.81 bits per heavy atom. The van der Waals surface area contributed by atoms with Gasteiger partial charge in [-0.1, -0.05) is 6.92 Å². The van der Waals surface area contributed by atoms with Crippen LogP contribution in [0.3, 0.4) is 0 Å². The van der Waals surface area contributed by atoms with Gasteiger partial charge in [-0.2, -0.15) is 0 Å². The molecule has 5 heteroatoms. The van der Waals surface area contributed by atoms with E-state index in [1.807, 2.05) is 13.8 Å². The van der Waals surface area contributed by atoms with Gasteiger partial charge in [0.15, 0.2) is 0 Å². The minimum atomic E-state index is -0.613. The minimum absolute atomic E-state index is 0.142. The summed E-state index contributed by atoms with van der Waals surface area (Å²) in [5.41, 5.74) is -0.613. The van der Waals surface area contributed by atoms with E-state index in [9.17, 15) is 4.79 Å². The molecule has 2 unspecified atom stereocenters. The van der Waals surface area contributed by atoms with Crippen LogP contribution >= 0.6 is 0 Å². The van der Waals surface area contributed by atoms with Gasteiger partial charge >= 0.3 is 5.97 Å². The van der Waals surface area contributed by atoms with Crippen LogP contribution in [0.1, 0.15) is 47.0 Å². The van der Waals surface area contributed by atoms with E-state index in [0.29, 0.717) is 12.6 Å². The van der Waals surface area contributed by atoms with Crippen molar-refractivity contribution in [2.24, 2.45) is 0 Å². The molecule has 21 heavy (non-hydrogen) atoms. The Kier molecular flexibility index (Phi) is 8.22. The summed E-state index contributed by atoms with van der Waals surface area (Å²) < 4.78 is 10.8. The van der Waals surface area contributed by atoms with Gasteiger partial charge in [0, 0.05) is 25.7 Å². The number of hydrogen-bond donors (Lipinski definition) is 1. The highest BCUT2D eigenvalue weighted by atomic mass is 16.5. The van der Waals surface area contributed by atoms with Crippen molar-refractivity contribution in [2.75, 3.05) is 39.5 Å². The van der Waals surface area contributed by atoms with Gasteiger partial charge in [0.1, 0.15) is 5.54 Å². The number of rotatable bonds is 8. The third-order valence-electron chi connectivity index (χ3n) is 4.07. The topological polar surface area (TPSA) is 50.8 Å². The maximum Gasteiger partial charge on any atom is 0.326 e. The first-order valence-electron chi connectivity index (χ1n) is 8.27. The zero-order valence-corrected chi connectivity index (χ0v) is 14.1. The molecule has 0 aromatic heterocycles. The molecule has 0 aliphatic carbocycles. The molecule has 0 aromatic rings. The van der Waals surface area contributed by atoms with Crippen molar-refractivity contribution in [3.05, 3.63) is 0 Å². The summed E-state index contributed by atoms with van der Waals surface area (Å²) in [5, 5.41) is 3.38. The van der Waals surface area contributed by atoms with E-state index < -0.39 is 5.54 Å². The van der Waals surface area contributed by atoms with Crippen LogP contribution in [0.4, 0.5) is 0 Å². The number of esters is 1. The molecular formula is C16H32N2O3. The highest BCUT2D eigenvalue weighted by Crippen LogP contribution is 2.19. The lowest BCUT2D eigenvalue weighted by Crippen LogP contribution is -2.54. The van der Waals surface area contributed by atoms with Crippen LogP contribution in [0.5, 0.6) is 0 Å². The Hall–Kier alpha value is -0.650. The number of nitrogens with zero attached hydrogens (tertiary/aromatic N) is 1. The van der Waals surface area contributed by atoms with Gasteiger partial charge in [-0.05, 0) is 46.6 Å². The van der Waals surface area contributed by atoms with Crippen molar-refractivity contribution >= 4 is 5.97 Å². The van der Waals surface area contributed by atoms with Crippen molar-refractivity contribution in [1.29, 1.82) is 0 Å². The van der Waals surface area contributed by atoms with Crippen LogP contribution in [0.2, 0.25) is 0 Å². The van der Waals surface area contributed by atoms with E-state index in [1.54, 1.807) is 0 Å². The second kappa shape index (κ2) is 9.38. The fourth-order valence-electron chi connectivity index (χ4n) is 2.85. The van der Waals surface area contributed by atoms with Gasteiger partial charge in [0.25, 0.3) is 0 Å². The van der Waals surface area contributed by atoms with Crippen molar-refractivity contribution in [3.63, 3.8) is 0 Å². The highest BCUT2D eigenvalue weighted by molar-refractivity contribution is 5.80. The summed E-state index contributed by atoms with van der Waals surface area (Å²) in [6.07, 6.45) is 2.82. The molecule has 0 aromatic carbocycles. The number of ether oxygens (including phenoxy) is 2. The van der Waals surface area contributed by atoms with Gasteiger partial charge in [-0.15, -0.1) is 0 Å². The average Bonchev–Trinajstić information content (AvgIpc) is 2.74. The maximum atomic E-state index is 12.3. The molecular weight excluding hydrogens is 268 g/mol. The number of nitrogens with one attached hydrogen (secondary N) is 1. The van der Waals surface area contributed by atoms with Crippen LogP contribution in [0.25, 0.3) is 0 Å².